The SMILES string of the molecule is CCN(CC(C)C#N)C(=O)c1cccc(OC)c1O. The van der Waals surface area contributed by atoms with E-state index in [1.807, 2.05) is 6.92 Å². The lowest BCUT2D eigenvalue weighted by atomic mass is 10.1. The molecule has 0 spiro atoms. The lowest BCUT2D eigenvalue weighted by molar-refractivity contribution is 0.0749. The molecule has 1 aromatic rings. The number of benzene rings is 1. The van der Waals surface area contributed by atoms with Gasteiger partial charge in [-0.25, -0.2) is 0 Å². The van der Waals surface area contributed by atoms with Crippen molar-refractivity contribution in [3.05, 3.63) is 23.8 Å². The second-order valence-electron chi connectivity index (χ2n) is 4.23. The number of rotatable bonds is 5. The number of hydrogen-bond acceptors (Lipinski definition) is 4. The quantitative estimate of drug-likeness (QED) is 0.881. The van der Waals surface area contributed by atoms with Crippen LogP contribution in [0.3, 0.4) is 0 Å². The van der Waals surface area contributed by atoms with E-state index in [9.17, 15) is 9.90 Å². The van der Waals surface area contributed by atoms with Crippen molar-refractivity contribution in [3.8, 4) is 17.6 Å². The van der Waals surface area contributed by atoms with Crippen molar-refractivity contribution in [3.63, 3.8) is 0 Å². The first-order valence-corrected chi connectivity index (χ1v) is 6.10. The number of aromatic hydroxyl groups is 1. The van der Waals surface area contributed by atoms with E-state index in [1.165, 1.54) is 12.0 Å². The van der Waals surface area contributed by atoms with Crippen molar-refractivity contribution >= 4 is 5.91 Å². The van der Waals surface area contributed by atoms with Crippen LogP contribution in [0.2, 0.25) is 0 Å². The maximum absolute atomic E-state index is 12.3. The predicted octanol–water partition coefficient (Wildman–Crippen LogP) is 2.02. The Morgan fingerprint density at radius 2 is 2.26 bits per heavy atom. The van der Waals surface area contributed by atoms with Gasteiger partial charge in [0, 0.05) is 13.1 Å². The summed E-state index contributed by atoms with van der Waals surface area (Å²) in [5.74, 6) is -0.467. The van der Waals surface area contributed by atoms with E-state index in [2.05, 4.69) is 6.07 Å². The maximum atomic E-state index is 12.3. The molecule has 0 aromatic heterocycles. The third-order valence-corrected chi connectivity index (χ3v) is 2.83. The van der Waals surface area contributed by atoms with Crippen molar-refractivity contribution < 1.29 is 14.6 Å². The molecule has 102 valence electrons. The number of para-hydroxylation sites is 1. The van der Waals surface area contributed by atoms with Crippen LogP contribution in [0.5, 0.6) is 11.5 Å². The zero-order valence-electron chi connectivity index (χ0n) is 11.4. The molecule has 19 heavy (non-hydrogen) atoms. The molecule has 1 atom stereocenters. The molecular formula is C14H18N2O3. The lowest BCUT2D eigenvalue weighted by Gasteiger charge is -2.22. The Bertz CT molecular complexity index is 494. The highest BCUT2D eigenvalue weighted by Crippen LogP contribution is 2.30. The fourth-order valence-corrected chi connectivity index (χ4v) is 1.76. The first kappa shape index (κ1) is 14.8. The summed E-state index contributed by atoms with van der Waals surface area (Å²) in [5.41, 5.74) is 0.186. The van der Waals surface area contributed by atoms with Gasteiger partial charge < -0.3 is 14.7 Å². The minimum absolute atomic E-state index is 0.168. The highest BCUT2D eigenvalue weighted by molar-refractivity contribution is 5.97. The molecule has 0 saturated carbocycles. The molecule has 0 aliphatic heterocycles. The second-order valence-corrected chi connectivity index (χ2v) is 4.23. The van der Waals surface area contributed by atoms with Crippen LogP contribution in [0.1, 0.15) is 24.2 Å². The molecule has 1 amide bonds. The van der Waals surface area contributed by atoms with Crippen molar-refractivity contribution in [2.24, 2.45) is 5.92 Å². The number of ether oxygens (including phenoxy) is 1. The Labute approximate surface area is 113 Å². The third-order valence-electron chi connectivity index (χ3n) is 2.83. The van der Waals surface area contributed by atoms with E-state index in [1.54, 1.807) is 25.1 Å². The lowest BCUT2D eigenvalue weighted by Crippen LogP contribution is -2.34. The average molecular weight is 262 g/mol. The van der Waals surface area contributed by atoms with Crippen LogP contribution in [0.25, 0.3) is 0 Å². The molecule has 0 aliphatic rings. The molecule has 0 saturated heterocycles. The van der Waals surface area contributed by atoms with E-state index >= 15 is 0 Å². The number of nitriles is 1. The van der Waals surface area contributed by atoms with Gasteiger partial charge in [-0.05, 0) is 26.0 Å². The largest absolute Gasteiger partial charge is 0.504 e. The topological polar surface area (TPSA) is 73.6 Å². The summed E-state index contributed by atoms with van der Waals surface area (Å²) in [7, 11) is 1.43. The molecule has 1 unspecified atom stereocenters. The number of phenolic OH excluding ortho intramolecular Hbond substituents is 1. The van der Waals surface area contributed by atoms with E-state index in [0.29, 0.717) is 13.1 Å². The molecule has 0 heterocycles. The summed E-state index contributed by atoms with van der Waals surface area (Å²) in [4.78, 5) is 13.8. The molecular weight excluding hydrogens is 244 g/mol. The van der Waals surface area contributed by atoms with Crippen molar-refractivity contribution in [1.82, 2.24) is 4.90 Å². The van der Waals surface area contributed by atoms with E-state index in [4.69, 9.17) is 10.00 Å². The number of nitrogens with zero attached hydrogens (tertiary/aromatic N) is 2. The molecule has 0 fully saturated rings. The van der Waals surface area contributed by atoms with Gasteiger partial charge in [-0.1, -0.05) is 6.07 Å². The summed E-state index contributed by atoms with van der Waals surface area (Å²) < 4.78 is 4.98. The van der Waals surface area contributed by atoms with Gasteiger partial charge in [0.05, 0.1) is 24.7 Å². The van der Waals surface area contributed by atoms with Gasteiger partial charge in [0.25, 0.3) is 5.91 Å². The molecule has 5 nitrogen and oxygen atoms in total. The van der Waals surface area contributed by atoms with Gasteiger partial charge in [-0.3, -0.25) is 4.79 Å². The highest BCUT2D eigenvalue weighted by Gasteiger charge is 2.21. The zero-order chi connectivity index (χ0) is 14.4. The Morgan fingerprint density at radius 3 is 2.79 bits per heavy atom. The zero-order valence-corrected chi connectivity index (χ0v) is 11.4. The van der Waals surface area contributed by atoms with Crippen LogP contribution in [-0.4, -0.2) is 36.1 Å². The third kappa shape index (κ3) is 3.38. The van der Waals surface area contributed by atoms with Gasteiger partial charge in [0.15, 0.2) is 11.5 Å². The Morgan fingerprint density at radius 1 is 1.58 bits per heavy atom. The smallest absolute Gasteiger partial charge is 0.257 e. The van der Waals surface area contributed by atoms with Crippen molar-refractivity contribution in [2.45, 2.75) is 13.8 Å². The van der Waals surface area contributed by atoms with Crippen LogP contribution in [0.15, 0.2) is 18.2 Å². The molecule has 0 aliphatic carbocycles. The van der Waals surface area contributed by atoms with Gasteiger partial charge >= 0.3 is 0 Å². The van der Waals surface area contributed by atoms with E-state index < -0.39 is 0 Å². The van der Waals surface area contributed by atoms with Crippen LogP contribution in [-0.2, 0) is 0 Å². The number of phenols is 1. The molecule has 1 rings (SSSR count). The Balaban J connectivity index is 3.01. The molecule has 0 bridgehead atoms. The first-order chi connectivity index (χ1) is 9.04. The van der Waals surface area contributed by atoms with Gasteiger partial charge in [-0.15, -0.1) is 0 Å². The summed E-state index contributed by atoms with van der Waals surface area (Å²) in [6, 6.07) is 6.86. The predicted molar refractivity (Wildman–Crippen MR) is 71.0 cm³/mol. The summed E-state index contributed by atoms with van der Waals surface area (Å²) in [6.07, 6.45) is 0. The molecule has 5 heteroatoms. The van der Waals surface area contributed by atoms with Crippen LogP contribution < -0.4 is 4.74 Å². The second kappa shape index (κ2) is 6.64. The number of carbonyl (C=O) groups is 1. The standard InChI is InChI=1S/C14H18N2O3/c1-4-16(9-10(2)8-15)14(18)11-6-5-7-12(19-3)13(11)17/h5-7,10,17H,4,9H2,1-3H3. The van der Waals surface area contributed by atoms with Crippen LogP contribution >= 0.6 is 0 Å². The first-order valence-electron chi connectivity index (χ1n) is 6.10. The average Bonchev–Trinajstić information content (AvgIpc) is 2.44. The van der Waals surface area contributed by atoms with Gasteiger partial charge in [-0.2, -0.15) is 5.26 Å². The Kier molecular flexibility index (Phi) is 5.19. The number of carbonyl (C=O) groups excluding carboxylic acids is 1. The summed E-state index contributed by atoms with van der Waals surface area (Å²) >= 11 is 0. The fourth-order valence-electron chi connectivity index (χ4n) is 1.76. The van der Waals surface area contributed by atoms with Crippen molar-refractivity contribution in [2.75, 3.05) is 20.2 Å². The molecule has 1 aromatic carbocycles. The minimum atomic E-state index is -0.305. The highest BCUT2D eigenvalue weighted by atomic mass is 16.5. The van der Waals surface area contributed by atoms with Crippen LogP contribution in [0, 0.1) is 17.2 Å². The number of hydrogen-bond donors (Lipinski definition) is 1. The van der Waals surface area contributed by atoms with E-state index in [0.717, 1.165) is 0 Å². The van der Waals surface area contributed by atoms with Gasteiger partial charge in [0.1, 0.15) is 0 Å². The number of methoxy groups -OCH3 is 1. The molecule has 0 radical (unpaired) electrons. The van der Waals surface area contributed by atoms with Crippen molar-refractivity contribution in [1.29, 1.82) is 5.26 Å². The normalized spacial score (nSPS) is 11.5. The summed E-state index contributed by atoms with van der Waals surface area (Å²) in [6.45, 7) is 4.39. The summed E-state index contributed by atoms with van der Waals surface area (Å²) in [5, 5.41) is 18.8. The Hall–Kier alpha value is -2.22. The monoisotopic (exact) mass is 262 g/mol. The molecule has 1 N–H and O–H groups in total. The maximum Gasteiger partial charge on any atom is 0.257 e. The van der Waals surface area contributed by atoms with E-state index in [-0.39, 0.29) is 28.9 Å². The number of amides is 1. The fraction of sp³-hybridized carbons (Fsp3) is 0.429. The van der Waals surface area contributed by atoms with Crippen LogP contribution in [0.4, 0.5) is 0 Å². The van der Waals surface area contributed by atoms with Gasteiger partial charge in [0.2, 0.25) is 0 Å². The minimum Gasteiger partial charge on any atom is -0.504 e.